The molecule has 0 aromatic heterocycles. The molecule has 0 saturated heterocycles. The van der Waals surface area contributed by atoms with Crippen molar-refractivity contribution in [3.05, 3.63) is 53.6 Å². The monoisotopic (exact) mass is 541 g/mol. The van der Waals surface area contributed by atoms with Gasteiger partial charge in [-0.05, 0) is 72.0 Å². The smallest absolute Gasteiger partial charge is 0.168 e. The van der Waals surface area contributed by atoms with Crippen LogP contribution in [0, 0.1) is 0 Å². The van der Waals surface area contributed by atoms with Gasteiger partial charge >= 0.3 is 0 Å². The first-order chi connectivity index (χ1) is 18.0. The summed E-state index contributed by atoms with van der Waals surface area (Å²) in [4.78, 5) is 13.0. The van der Waals surface area contributed by atoms with Gasteiger partial charge in [-0.25, -0.2) is 0 Å². The third-order valence-corrected chi connectivity index (χ3v) is 9.08. The van der Waals surface area contributed by atoms with Crippen LogP contribution in [-0.2, 0) is 21.7 Å². The second-order valence-electron chi connectivity index (χ2n) is 9.26. The van der Waals surface area contributed by atoms with Crippen molar-refractivity contribution in [3.8, 4) is 28.4 Å². The van der Waals surface area contributed by atoms with Crippen LogP contribution in [0.25, 0.3) is 21.9 Å². The highest BCUT2D eigenvalue weighted by Crippen LogP contribution is 2.45. The van der Waals surface area contributed by atoms with E-state index in [0.717, 1.165) is 63.8 Å². The molecule has 3 aromatic rings. The molecule has 0 saturated carbocycles. The molecule has 8 heteroatoms. The Balaban J connectivity index is 1.79. The number of rotatable bonds is 4. The summed E-state index contributed by atoms with van der Waals surface area (Å²) in [5, 5.41) is 26.0. The number of carbonyl (C=O) groups is 1. The second-order valence-corrected chi connectivity index (χ2v) is 11.8. The summed E-state index contributed by atoms with van der Waals surface area (Å²) in [7, 11) is 7.03. The van der Waals surface area contributed by atoms with Crippen molar-refractivity contribution in [3.63, 3.8) is 0 Å². The quantitative estimate of drug-likeness (QED) is 0.257. The summed E-state index contributed by atoms with van der Waals surface area (Å²) in [5.74, 6) is 2.58. The zero-order chi connectivity index (χ0) is 26.2. The highest BCUT2D eigenvalue weighted by atomic mass is 33.1. The molecule has 0 radical (unpaired) electrons. The lowest BCUT2D eigenvalue weighted by molar-refractivity contribution is -0.122. The molecule has 3 N–H and O–H groups in total. The third kappa shape index (κ3) is 6.93. The Morgan fingerprint density at radius 3 is 2.70 bits per heavy atom. The van der Waals surface area contributed by atoms with E-state index in [1.54, 1.807) is 30.0 Å². The third-order valence-electron chi connectivity index (χ3n) is 6.70. The molecule has 37 heavy (non-hydrogen) atoms. The Morgan fingerprint density at radius 1 is 1.05 bits per heavy atom. The van der Waals surface area contributed by atoms with Crippen LogP contribution < -0.4 is 10.1 Å². The summed E-state index contributed by atoms with van der Waals surface area (Å²) >= 11 is 0. The Kier molecular flexibility index (Phi) is 10.0. The van der Waals surface area contributed by atoms with Gasteiger partial charge in [-0.1, -0.05) is 52.3 Å². The fourth-order valence-electron chi connectivity index (χ4n) is 4.85. The maximum Gasteiger partial charge on any atom is 0.168 e. The van der Waals surface area contributed by atoms with E-state index in [2.05, 4.69) is 11.4 Å². The van der Waals surface area contributed by atoms with Gasteiger partial charge in [0.25, 0.3) is 0 Å². The minimum atomic E-state index is -0.0842. The van der Waals surface area contributed by atoms with Crippen LogP contribution in [0.3, 0.4) is 0 Å². The number of aryl methyl sites for hydroxylation is 1. The number of hydrogen-bond donors (Lipinski definition) is 3. The molecular weight excluding hydrogens is 506 g/mol. The van der Waals surface area contributed by atoms with Gasteiger partial charge in [0.05, 0.1) is 19.9 Å². The van der Waals surface area contributed by atoms with Gasteiger partial charge in [-0.15, -0.1) is 0 Å². The van der Waals surface area contributed by atoms with Crippen molar-refractivity contribution in [1.82, 2.24) is 5.32 Å². The number of ether oxygens (including phenoxy) is 2. The molecule has 0 bridgehead atoms. The van der Waals surface area contributed by atoms with E-state index in [1.165, 1.54) is 0 Å². The van der Waals surface area contributed by atoms with Gasteiger partial charge in [0.15, 0.2) is 11.5 Å². The Bertz CT molecular complexity index is 1230. The number of fused-ring (bicyclic) bond motifs is 5. The van der Waals surface area contributed by atoms with Crippen LogP contribution in [0.15, 0.2) is 42.5 Å². The van der Waals surface area contributed by atoms with Crippen LogP contribution in [0.1, 0.15) is 43.2 Å². The Hall–Kier alpha value is -2.39. The highest BCUT2D eigenvalue weighted by molar-refractivity contribution is 8.76. The van der Waals surface area contributed by atoms with E-state index >= 15 is 0 Å². The number of Topliss-reactive ketones (excluding diaryl/α,β-unsaturated/α-hetero) is 1. The fourth-order valence-corrected chi connectivity index (χ4v) is 7.11. The van der Waals surface area contributed by atoms with Crippen molar-refractivity contribution in [2.45, 2.75) is 50.4 Å². The number of phenols is 2. The van der Waals surface area contributed by atoms with Gasteiger partial charge in [0, 0.05) is 29.9 Å². The van der Waals surface area contributed by atoms with E-state index in [-0.39, 0.29) is 23.4 Å². The van der Waals surface area contributed by atoms with Crippen LogP contribution in [0.5, 0.6) is 17.2 Å². The van der Waals surface area contributed by atoms with Crippen LogP contribution in [-0.4, -0.2) is 48.7 Å². The predicted octanol–water partition coefficient (Wildman–Crippen LogP) is 6.45. The van der Waals surface area contributed by atoms with E-state index in [0.29, 0.717) is 31.7 Å². The van der Waals surface area contributed by atoms with E-state index in [4.69, 9.17) is 9.47 Å². The molecule has 1 unspecified atom stereocenters. The molecule has 0 amide bonds. The van der Waals surface area contributed by atoms with Crippen LogP contribution >= 0.6 is 21.6 Å². The van der Waals surface area contributed by atoms with Crippen molar-refractivity contribution in [2.75, 3.05) is 26.6 Å². The average Bonchev–Trinajstić information content (AvgIpc) is 2.89. The fraction of sp³-hybridized carbons (Fsp3) is 0.414. The van der Waals surface area contributed by atoms with Crippen LogP contribution in [0.2, 0.25) is 0 Å². The summed E-state index contributed by atoms with van der Waals surface area (Å²) in [6.07, 6.45) is 4.16. The number of methoxy groups -OCH3 is 1. The molecule has 6 nitrogen and oxygen atoms in total. The minimum Gasteiger partial charge on any atom is -0.508 e. The molecule has 0 fully saturated rings. The minimum absolute atomic E-state index is 0.0616. The molecule has 1 aliphatic heterocycles. The van der Waals surface area contributed by atoms with Gasteiger partial charge in [-0.3, -0.25) is 10.1 Å². The standard InChI is InChI=1S/C29H35NO5S2/c1-30-18-35-23-5-3-4-14-36-37-17-26-24(12-8-19-6-10-22(32)16-25(19)26)28-20(7-11-21(31)15-23)9-13-27(33)29(28)34-2/h6,8-10,12-13,16,23,30,32-33H,3-5,7,11,14-15,17-18H2,1-2H3. The van der Waals surface area contributed by atoms with Gasteiger partial charge in [-0.2, -0.15) is 0 Å². The number of benzene rings is 3. The van der Waals surface area contributed by atoms with Gasteiger partial charge in [0.2, 0.25) is 0 Å². The number of aromatic hydroxyl groups is 2. The first kappa shape index (κ1) is 27.6. The SMILES string of the molecule is CNCOC1CCCCSSCc2c(ccc3ccc(O)cc23)-c2c(ccc(O)c2OC)CCC(=O)C1. The molecule has 198 valence electrons. The van der Waals surface area contributed by atoms with Crippen molar-refractivity contribution < 1.29 is 24.5 Å². The van der Waals surface area contributed by atoms with Crippen molar-refractivity contribution in [2.24, 2.45) is 0 Å². The maximum atomic E-state index is 13.0. The number of carbonyl (C=O) groups excluding carboxylic acids is 1. The molecule has 1 aliphatic rings. The summed E-state index contributed by atoms with van der Waals surface area (Å²) < 4.78 is 11.6. The van der Waals surface area contributed by atoms with E-state index in [1.807, 2.05) is 42.1 Å². The second kappa shape index (κ2) is 13.4. The van der Waals surface area contributed by atoms with E-state index in [9.17, 15) is 15.0 Å². The summed E-state index contributed by atoms with van der Waals surface area (Å²) in [6, 6.07) is 13.0. The molecular formula is C29H35NO5S2. The first-order valence-electron chi connectivity index (χ1n) is 12.7. The summed E-state index contributed by atoms with van der Waals surface area (Å²) in [5.41, 5.74) is 3.77. The van der Waals surface area contributed by atoms with E-state index < -0.39 is 0 Å². The molecule has 1 atom stereocenters. The first-order valence-corrected chi connectivity index (χ1v) is 15.2. The zero-order valence-corrected chi connectivity index (χ0v) is 23.1. The number of phenolic OH excluding ortho intramolecular Hbond substituents is 2. The highest BCUT2D eigenvalue weighted by Gasteiger charge is 2.22. The topological polar surface area (TPSA) is 88.0 Å². The Morgan fingerprint density at radius 2 is 1.89 bits per heavy atom. The van der Waals surface area contributed by atoms with Gasteiger partial charge < -0.3 is 19.7 Å². The molecule has 1 heterocycles. The zero-order valence-electron chi connectivity index (χ0n) is 21.4. The maximum absolute atomic E-state index is 13.0. The summed E-state index contributed by atoms with van der Waals surface area (Å²) in [6.45, 7) is 0.433. The molecule has 4 rings (SSSR count). The largest absolute Gasteiger partial charge is 0.508 e. The Labute approximate surface area is 226 Å². The predicted molar refractivity (Wildman–Crippen MR) is 154 cm³/mol. The molecule has 3 aromatic carbocycles. The average molecular weight is 542 g/mol. The number of hydrogen-bond acceptors (Lipinski definition) is 8. The van der Waals surface area contributed by atoms with Crippen molar-refractivity contribution >= 4 is 38.1 Å². The lowest BCUT2D eigenvalue weighted by Crippen LogP contribution is -2.23. The van der Waals surface area contributed by atoms with Crippen LogP contribution in [0.4, 0.5) is 0 Å². The molecule has 0 spiro atoms. The lowest BCUT2D eigenvalue weighted by atomic mass is 9.89. The normalized spacial score (nSPS) is 17.8. The molecule has 0 aliphatic carbocycles. The lowest BCUT2D eigenvalue weighted by Gasteiger charge is -2.21. The number of ketones is 1. The van der Waals surface area contributed by atoms with Gasteiger partial charge in [0.1, 0.15) is 11.5 Å². The number of nitrogens with one attached hydrogen (secondary N) is 1. The van der Waals surface area contributed by atoms with Crippen molar-refractivity contribution in [1.29, 1.82) is 0 Å².